The molecule has 0 saturated carbocycles. The van der Waals surface area contributed by atoms with Crippen molar-refractivity contribution in [2.75, 3.05) is 24.3 Å². The molecule has 2 aromatic carbocycles. The highest BCUT2D eigenvalue weighted by molar-refractivity contribution is 5.58. The van der Waals surface area contributed by atoms with Gasteiger partial charge in [0, 0.05) is 30.0 Å². The molecule has 1 heterocycles. The fourth-order valence-electron chi connectivity index (χ4n) is 3.10. The van der Waals surface area contributed by atoms with Gasteiger partial charge in [-0.05, 0) is 49.6 Å². The van der Waals surface area contributed by atoms with E-state index in [1.807, 2.05) is 18.2 Å². The Balaban J connectivity index is 1.92. The van der Waals surface area contributed by atoms with Crippen molar-refractivity contribution in [1.82, 2.24) is 0 Å². The maximum absolute atomic E-state index is 5.93. The number of hydrogen-bond acceptors (Lipinski definition) is 3. The van der Waals surface area contributed by atoms with Crippen LogP contribution in [0, 0.1) is 6.92 Å². The molecule has 110 valence electrons. The first-order valence-corrected chi connectivity index (χ1v) is 7.44. The molecule has 0 aliphatic carbocycles. The summed E-state index contributed by atoms with van der Waals surface area (Å²) in [6, 6.07) is 12.6. The lowest BCUT2D eigenvalue weighted by atomic mass is 9.99. The minimum atomic E-state index is 0.784. The Kier molecular flexibility index (Phi) is 3.74. The Morgan fingerprint density at radius 1 is 1.19 bits per heavy atom. The van der Waals surface area contributed by atoms with Gasteiger partial charge in [0.2, 0.25) is 0 Å². The van der Waals surface area contributed by atoms with E-state index in [9.17, 15) is 0 Å². The van der Waals surface area contributed by atoms with Crippen LogP contribution in [-0.2, 0) is 13.0 Å². The maximum atomic E-state index is 5.93. The summed E-state index contributed by atoms with van der Waals surface area (Å²) in [5.74, 6) is 0.906. The van der Waals surface area contributed by atoms with Crippen LogP contribution in [0.2, 0.25) is 0 Å². The molecule has 3 nitrogen and oxygen atoms in total. The van der Waals surface area contributed by atoms with Crippen LogP contribution in [-0.4, -0.2) is 13.7 Å². The molecule has 1 aliphatic heterocycles. The summed E-state index contributed by atoms with van der Waals surface area (Å²) in [5.41, 5.74) is 12.0. The van der Waals surface area contributed by atoms with Crippen molar-refractivity contribution in [3.8, 4) is 5.75 Å². The second-order valence-corrected chi connectivity index (χ2v) is 5.73. The van der Waals surface area contributed by atoms with Crippen LogP contribution < -0.4 is 15.4 Å². The van der Waals surface area contributed by atoms with Crippen molar-refractivity contribution in [3.63, 3.8) is 0 Å². The number of benzene rings is 2. The highest BCUT2D eigenvalue weighted by Crippen LogP contribution is 2.31. The van der Waals surface area contributed by atoms with Gasteiger partial charge in [-0.25, -0.2) is 0 Å². The summed E-state index contributed by atoms with van der Waals surface area (Å²) in [4.78, 5) is 2.43. The Hall–Kier alpha value is -2.16. The lowest BCUT2D eigenvalue weighted by molar-refractivity contribution is 0.409. The van der Waals surface area contributed by atoms with E-state index in [0.717, 1.165) is 30.1 Å². The predicted octanol–water partition coefficient (Wildman–Crippen LogP) is 3.54. The van der Waals surface area contributed by atoms with Gasteiger partial charge in [0.15, 0.2) is 0 Å². The van der Waals surface area contributed by atoms with Crippen LogP contribution in [0.5, 0.6) is 5.75 Å². The van der Waals surface area contributed by atoms with E-state index in [1.54, 1.807) is 7.11 Å². The van der Waals surface area contributed by atoms with E-state index in [4.69, 9.17) is 10.5 Å². The summed E-state index contributed by atoms with van der Waals surface area (Å²) in [7, 11) is 1.71. The Morgan fingerprint density at radius 3 is 2.86 bits per heavy atom. The minimum absolute atomic E-state index is 0.784. The maximum Gasteiger partial charge on any atom is 0.123 e. The topological polar surface area (TPSA) is 38.5 Å². The third kappa shape index (κ3) is 2.82. The molecular formula is C18H22N2O. The first kappa shape index (κ1) is 13.8. The van der Waals surface area contributed by atoms with Crippen LogP contribution in [0.4, 0.5) is 11.4 Å². The van der Waals surface area contributed by atoms with Gasteiger partial charge in [0.1, 0.15) is 5.75 Å². The molecule has 2 aromatic rings. The van der Waals surface area contributed by atoms with Gasteiger partial charge in [-0.1, -0.05) is 17.7 Å². The average Bonchev–Trinajstić information content (AvgIpc) is 2.47. The quantitative estimate of drug-likeness (QED) is 0.875. The number of nitrogens with two attached hydrogens (primary N) is 1. The number of nitrogens with zero attached hydrogens (tertiary/aromatic N) is 1. The Morgan fingerprint density at radius 2 is 2.05 bits per heavy atom. The smallest absolute Gasteiger partial charge is 0.123 e. The van der Waals surface area contributed by atoms with Crippen molar-refractivity contribution in [1.29, 1.82) is 0 Å². The fraction of sp³-hybridized carbons (Fsp3) is 0.333. The molecule has 21 heavy (non-hydrogen) atoms. The molecule has 1 aliphatic rings. The molecule has 0 radical (unpaired) electrons. The second-order valence-electron chi connectivity index (χ2n) is 5.73. The molecule has 2 N–H and O–H groups in total. The molecular weight excluding hydrogens is 260 g/mol. The zero-order chi connectivity index (χ0) is 14.8. The molecule has 0 atom stereocenters. The molecule has 0 amide bonds. The highest BCUT2D eigenvalue weighted by Gasteiger charge is 2.18. The average molecular weight is 282 g/mol. The zero-order valence-corrected chi connectivity index (χ0v) is 12.7. The van der Waals surface area contributed by atoms with Gasteiger partial charge in [-0.2, -0.15) is 0 Å². The van der Waals surface area contributed by atoms with Crippen molar-refractivity contribution in [3.05, 3.63) is 53.1 Å². The molecule has 0 aromatic heterocycles. The van der Waals surface area contributed by atoms with Gasteiger partial charge in [-0.15, -0.1) is 0 Å². The number of hydrogen-bond donors (Lipinski definition) is 1. The molecule has 0 spiro atoms. The molecule has 0 fully saturated rings. The van der Waals surface area contributed by atoms with Crippen molar-refractivity contribution < 1.29 is 4.74 Å². The van der Waals surface area contributed by atoms with Crippen LogP contribution in [0.3, 0.4) is 0 Å². The summed E-state index contributed by atoms with van der Waals surface area (Å²) in [6.07, 6.45) is 2.36. The van der Waals surface area contributed by atoms with E-state index in [2.05, 4.69) is 30.0 Å². The number of ether oxygens (including phenoxy) is 1. The van der Waals surface area contributed by atoms with E-state index in [1.165, 1.54) is 29.7 Å². The lowest BCUT2D eigenvalue weighted by Crippen LogP contribution is -2.29. The molecule has 0 unspecified atom stereocenters. The van der Waals surface area contributed by atoms with Crippen molar-refractivity contribution >= 4 is 11.4 Å². The number of nitrogen functional groups attached to an aromatic ring is 1. The Bertz CT molecular complexity index is 652. The minimum Gasteiger partial charge on any atom is -0.496 e. The number of methoxy groups -OCH3 is 1. The largest absolute Gasteiger partial charge is 0.496 e. The molecule has 3 heteroatoms. The fourth-order valence-corrected chi connectivity index (χ4v) is 3.10. The van der Waals surface area contributed by atoms with Crippen molar-refractivity contribution in [2.45, 2.75) is 26.3 Å². The van der Waals surface area contributed by atoms with Crippen LogP contribution in [0.15, 0.2) is 36.4 Å². The third-order valence-electron chi connectivity index (χ3n) is 4.12. The standard InChI is InChI=1S/C18H22N2O/c1-13-5-7-17-14(10-13)4-3-9-20(17)12-15-11-16(19)6-8-18(15)21-2/h5-8,10-11H,3-4,9,12,19H2,1-2H3. The van der Waals surface area contributed by atoms with Gasteiger partial charge in [0.25, 0.3) is 0 Å². The Labute approximate surface area is 126 Å². The van der Waals surface area contributed by atoms with Gasteiger partial charge >= 0.3 is 0 Å². The molecule has 3 rings (SSSR count). The van der Waals surface area contributed by atoms with E-state index < -0.39 is 0 Å². The predicted molar refractivity (Wildman–Crippen MR) is 88.0 cm³/mol. The van der Waals surface area contributed by atoms with Crippen molar-refractivity contribution in [2.24, 2.45) is 0 Å². The van der Waals surface area contributed by atoms with Gasteiger partial charge in [-0.3, -0.25) is 0 Å². The number of rotatable bonds is 3. The zero-order valence-electron chi connectivity index (χ0n) is 12.7. The highest BCUT2D eigenvalue weighted by atomic mass is 16.5. The van der Waals surface area contributed by atoms with Crippen LogP contribution >= 0.6 is 0 Å². The normalized spacial score (nSPS) is 13.9. The SMILES string of the molecule is COc1ccc(N)cc1CN1CCCc2cc(C)ccc21. The van der Waals surface area contributed by atoms with E-state index in [0.29, 0.717) is 0 Å². The first-order chi connectivity index (χ1) is 10.2. The third-order valence-corrected chi connectivity index (χ3v) is 4.12. The van der Waals surface area contributed by atoms with E-state index in [-0.39, 0.29) is 0 Å². The number of fused-ring (bicyclic) bond motifs is 1. The van der Waals surface area contributed by atoms with Gasteiger partial charge < -0.3 is 15.4 Å². The summed E-state index contributed by atoms with van der Waals surface area (Å²) < 4.78 is 5.47. The molecule has 0 bridgehead atoms. The number of anilines is 2. The first-order valence-electron chi connectivity index (χ1n) is 7.44. The monoisotopic (exact) mass is 282 g/mol. The second kappa shape index (κ2) is 5.68. The van der Waals surface area contributed by atoms with Crippen LogP contribution in [0.25, 0.3) is 0 Å². The lowest BCUT2D eigenvalue weighted by Gasteiger charge is -2.32. The summed E-state index contributed by atoms with van der Waals surface area (Å²) in [6.45, 7) is 4.07. The van der Waals surface area contributed by atoms with Crippen LogP contribution in [0.1, 0.15) is 23.1 Å². The van der Waals surface area contributed by atoms with E-state index >= 15 is 0 Å². The molecule has 0 saturated heterocycles. The number of aryl methyl sites for hydroxylation is 2. The summed E-state index contributed by atoms with van der Waals surface area (Å²) >= 11 is 0. The van der Waals surface area contributed by atoms with Gasteiger partial charge in [0.05, 0.1) is 7.11 Å². The summed E-state index contributed by atoms with van der Waals surface area (Å²) in [5, 5.41) is 0.